The van der Waals surface area contributed by atoms with E-state index in [1.165, 1.54) is 12.8 Å². The van der Waals surface area contributed by atoms with Gasteiger partial charge in [-0.05, 0) is 72.4 Å². The molecule has 0 unspecified atom stereocenters. The normalized spacial score (nSPS) is 26.9. The van der Waals surface area contributed by atoms with Crippen molar-refractivity contribution in [1.29, 1.82) is 0 Å². The molecule has 0 spiro atoms. The van der Waals surface area contributed by atoms with Gasteiger partial charge in [-0.25, -0.2) is 4.79 Å². The van der Waals surface area contributed by atoms with E-state index in [0.29, 0.717) is 12.0 Å². The maximum absolute atomic E-state index is 11.5. The van der Waals surface area contributed by atoms with Crippen LogP contribution in [0.5, 0.6) is 5.75 Å². The fraction of sp³-hybridized carbons (Fsp3) is 0.500. The van der Waals surface area contributed by atoms with Gasteiger partial charge in [-0.1, -0.05) is 51.6 Å². The van der Waals surface area contributed by atoms with Crippen molar-refractivity contribution < 1.29 is 14.3 Å². The summed E-state index contributed by atoms with van der Waals surface area (Å²) < 4.78 is 11.6. The Morgan fingerprint density at radius 1 is 1.17 bits per heavy atom. The highest BCUT2D eigenvalue weighted by Crippen LogP contribution is 2.40. The molecule has 4 heteroatoms. The Bertz CT molecular complexity index is 966. The van der Waals surface area contributed by atoms with Gasteiger partial charge in [-0.3, -0.25) is 0 Å². The van der Waals surface area contributed by atoms with Crippen molar-refractivity contribution in [2.24, 2.45) is 11.3 Å². The first-order valence-corrected chi connectivity index (χ1v) is 11.0. The number of carbonyl (C=O) groups is 1. The van der Waals surface area contributed by atoms with Crippen molar-refractivity contribution >= 4 is 22.9 Å². The second kappa shape index (κ2) is 7.64. The molecular weight excluding hydrogens is 374 g/mol. The number of fused-ring (bicyclic) bond motifs is 1. The average Bonchev–Trinajstić information content (AvgIpc) is 3.07. The van der Waals surface area contributed by atoms with Crippen LogP contribution in [0.15, 0.2) is 36.9 Å². The molecule has 4 rings (SSSR count). The van der Waals surface area contributed by atoms with E-state index in [1.54, 1.807) is 0 Å². The van der Waals surface area contributed by atoms with Crippen molar-refractivity contribution in [1.82, 2.24) is 5.32 Å². The molecule has 1 heterocycles. The molecule has 2 fully saturated rings. The van der Waals surface area contributed by atoms with Gasteiger partial charge in [0.15, 0.2) is 0 Å². The molecule has 2 aromatic rings. The van der Waals surface area contributed by atoms with Crippen LogP contribution in [-0.2, 0) is 10.3 Å². The van der Waals surface area contributed by atoms with Gasteiger partial charge < -0.3 is 14.8 Å². The quantitative estimate of drug-likeness (QED) is 0.636. The number of alkyl carbamates (subject to hydrolysis) is 1. The van der Waals surface area contributed by atoms with Crippen molar-refractivity contribution in [2.75, 3.05) is 6.61 Å². The highest BCUT2D eigenvalue weighted by atomic mass is 16.6. The summed E-state index contributed by atoms with van der Waals surface area (Å²) in [6.45, 7) is 13.4. The molecule has 0 radical (unpaired) electrons. The Labute approximate surface area is 179 Å². The van der Waals surface area contributed by atoms with Crippen LogP contribution in [0.4, 0.5) is 4.79 Å². The van der Waals surface area contributed by atoms with E-state index in [4.69, 9.17) is 9.47 Å². The topological polar surface area (TPSA) is 47.6 Å². The fourth-order valence-corrected chi connectivity index (χ4v) is 4.88. The molecule has 30 heavy (non-hydrogen) atoms. The number of carbonyl (C=O) groups excluding carboxylic acids is 1. The van der Waals surface area contributed by atoms with E-state index in [-0.39, 0.29) is 12.2 Å². The summed E-state index contributed by atoms with van der Waals surface area (Å²) >= 11 is 0. The first-order valence-electron chi connectivity index (χ1n) is 11.0. The Kier molecular flexibility index (Phi) is 5.29. The van der Waals surface area contributed by atoms with Crippen molar-refractivity contribution in [3.63, 3.8) is 0 Å². The molecular formula is C26H33NO3. The largest absolute Gasteiger partial charge is 0.490 e. The number of rotatable bonds is 4. The van der Waals surface area contributed by atoms with Crippen LogP contribution < -0.4 is 10.1 Å². The fourth-order valence-electron chi connectivity index (χ4n) is 4.88. The molecule has 4 nitrogen and oxygen atoms in total. The average molecular weight is 408 g/mol. The molecule has 2 aromatic carbocycles. The van der Waals surface area contributed by atoms with Crippen molar-refractivity contribution in [3.05, 3.63) is 48.0 Å². The summed E-state index contributed by atoms with van der Waals surface area (Å²) in [4.78, 5) is 11.5. The van der Waals surface area contributed by atoms with Gasteiger partial charge in [0.1, 0.15) is 12.4 Å². The van der Waals surface area contributed by atoms with Gasteiger partial charge in [0, 0.05) is 5.56 Å². The lowest BCUT2D eigenvalue weighted by molar-refractivity contribution is 0.0882. The summed E-state index contributed by atoms with van der Waals surface area (Å²) in [7, 11) is 0. The smallest absolute Gasteiger partial charge is 0.408 e. The zero-order chi connectivity index (χ0) is 21.5. The zero-order valence-electron chi connectivity index (χ0n) is 18.6. The van der Waals surface area contributed by atoms with E-state index in [1.807, 2.05) is 13.0 Å². The highest BCUT2D eigenvalue weighted by molar-refractivity contribution is 5.93. The summed E-state index contributed by atoms with van der Waals surface area (Å²) in [6.07, 6.45) is 6.45. The van der Waals surface area contributed by atoms with E-state index in [2.05, 4.69) is 63.0 Å². The zero-order valence-corrected chi connectivity index (χ0v) is 18.6. The standard InChI is InChI=1S/C26H33NO3/c1-6-21-22-13-10-19(26(5)16-29-24(28)27-26)15-17(22)7-14-23(21)30-20-11-8-18(9-12-20)25(2,3)4/h6-7,10,13-15,18,20H,1,8-9,11-12,16H2,2-5H3,(H,27,28)/t18?,20?,26-/m0/s1. The van der Waals surface area contributed by atoms with E-state index >= 15 is 0 Å². The molecule has 0 bridgehead atoms. The predicted octanol–water partition coefficient (Wildman–Crippen LogP) is 6.42. The molecule has 1 aliphatic heterocycles. The lowest BCUT2D eigenvalue weighted by Crippen LogP contribution is -2.37. The van der Waals surface area contributed by atoms with Gasteiger partial charge in [0.2, 0.25) is 0 Å². The lowest BCUT2D eigenvalue weighted by Gasteiger charge is -2.37. The summed E-state index contributed by atoms with van der Waals surface area (Å²) in [6, 6.07) is 10.4. The predicted molar refractivity (Wildman–Crippen MR) is 122 cm³/mol. The van der Waals surface area contributed by atoms with Crippen LogP contribution in [0.1, 0.15) is 64.5 Å². The Balaban J connectivity index is 1.56. The minimum atomic E-state index is -0.500. The third kappa shape index (κ3) is 3.92. The monoisotopic (exact) mass is 407 g/mol. The van der Waals surface area contributed by atoms with Gasteiger partial charge in [0.05, 0.1) is 11.6 Å². The summed E-state index contributed by atoms with van der Waals surface area (Å²) in [5.74, 6) is 1.68. The second-order valence-corrected chi connectivity index (χ2v) is 10.1. The first-order chi connectivity index (χ1) is 14.2. The molecule has 2 aliphatic rings. The van der Waals surface area contributed by atoms with E-state index < -0.39 is 5.54 Å². The van der Waals surface area contributed by atoms with Crippen LogP contribution in [0.2, 0.25) is 0 Å². The van der Waals surface area contributed by atoms with Crippen LogP contribution >= 0.6 is 0 Å². The molecule has 1 aliphatic carbocycles. The number of cyclic esters (lactones) is 1. The molecule has 1 atom stereocenters. The van der Waals surface area contributed by atoms with Gasteiger partial charge >= 0.3 is 6.09 Å². The molecule has 0 aromatic heterocycles. The van der Waals surface area contributed by atoms with E-state index in [0.717, 1.165) is 46.4 Å². The molecule has 1 N–H and O–H groups in total. The van der Waals surface area contributed by atoms with Crippen molar-refractivity contribution in [3.8, 4) is 5.75 Å². The highest BCUT2D eigenvalue weighted by Gasteiger charge is 2.36. The SMILES string of the molecule is C=Cc1c(OC2CCC(C(C)(C)C)CC2)ccc2cc([C@]3(C)COC(=O)N3)ccc12. The second-order valence-electron chi connectivity index (χ2n) is 10.1. The molecule has 160 valence electrons. The molecule has 1 saturated carbocycles. The number of hydrogen-bond acceptors (Lipinski definition) is 3. The number of benzene rings is 2. The molecule has 1 saturated heterocycles. The van der Waals surface area contributed by atoms with E-state index in [9.17, 15) is 4.79 Å². The maximum atomic E-state index is 11.5. The van der Waals surface area contributed by atoms with Gasteiger partial charge in [-0.2, -0.15) is 0 Å². The third-order valence-corrected chi connectivity index (χ3v) is 6.93. The Hall–Kier alpha value is -2.49. The maximum Gasteiger partial charge on any atom is 0.408 e. The van der Waals surface area contributed by atoms with Crippen LogP contribution in [0.3, 0.4) is 0 Å². The first kappa shape index (κ1) is 20.8. The Morgan fingerprint density at radius 3 is 2.50 bits per heavy atom. The Morgan fingerprint density at radius 2 is 1.90 bits per heavy atom. The lowest BCUT2D eigenvalue weighted by atomic mass is 9.72. The summed E-state index contributed by atoms with van der Waals surface area (Å²) in [5.41, 5.74) is 1.94. The minimum Gasteiger partial charge on any atom is -0.490 e. The number of ether oxygens (including phenoxy) is 2. The van der Waals surface area contributed by atoms with Crippen LogP contribution in [0, 0.1) is 11.3 Å². The van der Waals surface area contributed by atoms with Crippen molar-refractivity contribution in [2.45, 2.75) is 65.0 Å². The number of amides is 1. The minimum absolute atomic E-state index is 0.267. The molecule has 1 amide bonds. The number of hydrogen-bond donors (Lipinski definition) is 1. The number of nitrogens with one attached hydrogen (secondary N) is 1. The van der Waals surface area contributed by atoms with Gasteiger partial charge in [-0.15, -0.1) is 0 Å². The van der Waals surface area contributed by atoms with Gasteiger partial charge in [0.25, 0.3) is 0 Å². The van der Waals surface area contributed by atoms with Crippen LogP contribution in [-0.4, -0.2) is 18.8 Å². The van der Waals surface area contributed by atoms with Crippen LogP contribution in [0.25, 0.3) is 16.8 Å². The third-order valence-electron chi connectivity index (χ3n) is 6.93. The summed E-state index contributed by atoms with van der Waals surface area (Å²) in [5, 5.41) is 5.13.